The second-order valence-corrected chi connectivity index (χ2v) is 3.92. The third-order valence-electron chi connectivity index (χ3n) is 2.25. The summed E-state index contributed by atoms with van der Waals surface area (Å²) in [4.78, 5) is 24.8. The Morgan fingerprint density at radius 3 is 2.83 bits per heavy atom. The summed E-state index contributed by atoms with van der Waals surface area (Å²) in [6.07, 6.45) is 1.45. The first kappa shape index (κ1) is 14.4. The van der Waals surface area contributed by atoms with Gasteiger partial charge in [-0.3, -0.25) is 14.5 Å². The molecule has 0 saturated heterocycles. The van der Waals surface area contributed by atoms with Gasteiger partial charge in [0.05, 0.1) is 26.0 Å². The highest BCUT2D eigenvalue weighted by Gasteiger charge is 2.13. The molecular weight excluding hydrogens is 236 g/mol. The van der Waals surface area contributed by atoms with Crippen molar-refractivity contribution in [3.8, 4) is 0 Å². The van der Waals surface area contributed by atoms with Crippen LogP contribution >= 0.6 is 0 Å². The number of hydrogen-bond acceptors (Lipinski definition) is 5. The number of rotatable bonds is 8. The number of methoxy groups -OCH3 is 1. The molecule has 0 aliphatic rings. The van der Waals surface area contributed by atoms with Crippen LogP contribution < -0.4 is 5.32 Å². The van der Waals surface area contributed by atoms with Crippen molar-refractivity contribution in [2.45, 2.75) is 0 Å². The molecular formula is C12H18N2O4. The Morgan fingerprint density at radius 2 is 2.22 bits per heavy atom. The van der Waals surface area contributed by atoms with Crippen molar-refractivity contribution in [3.63, 3.8) is 0 Å². The molecule has 0 atom stereocenters. The standard InChI is InChI=1S/C12H18N2O4/c1-14(9-12(16)13-5-7-17-2)8-10(15)11-4-3-6-18-11/h3-4,6H,5,7-9H2,1-2H3,(H,13,16). The predicted octanol–water partition coefficient (Wildman–Crippen LogP) is 0.157. The van der Waals surface area contributed by atoms with Gasteiger partial charge < -0.3 is 14.5 Å². The minimum Gasteiger partial charge on any atom is -0.461 e. The zero-order chi connectivity index (χ0) is 13.4. The topological polar surface area (TPSA) is 71.8 Å². The summed E-state index contributed by atoms with van der Waals surface area (Å²) < 4.78 is 9.80. The molecule has 0 fully saturated rings. The van der Waals surface area contributed by atoms with Crippen LogP contribution in [0, 0.1) is 0 Å². The first-order valence-electron chi connectivity index (χ1n) is 5.64. The van der Waals surface area contributed by atoms with Crippen molar-refractivity contribution >= 4 is 11.7 Å². The summed E-state index contributed by atoms with van der Waals surface area (Å²) in [5.74, 6) is 0.0237. The first-order chi connectivity index (χ1) is 8.63. The fourth-order valence-corrected chi connectivity index (χ4v) is 1.41. The maximum Gasteiger partial charge on any atom is 0.234 e. The SMILES string of the molecule is COCCNC(=O)CN(C)CC(=O)c1ccco1. The van der Waals surface area contributed by atoms with Gasteiger partial charge in [0, 0.05) is 13.7 Å². The van der Waals surface area contributed by atoms with E-state index in [1.807, 2.05) is 0 Å². The number of amides is 1. The van der Waals surface area contributed by atoms with Gasteiger partial charge in [-0.2, -0.15) is 0 Å². The molecule has 1 aromatic rings. The summed E-state index contributed by atoms with van der Waals surface area (Å²) in [5.41, 5.74) is 0. The number of carbonyl (C=O) groups is 2. The number of nitrogens with one attached hydrogen (secondary N) is 1. The average molecular weight is 254 g/mol. The molecule has 0 aliphatic carbocycles. The van der Waals surface area contributed by atoms with Gasteiger partial charge in [-0.15, -0.1) is 0 Å². The molecule has 0 spiro atoms. The fraction of sp³-hybridized carbons (Fsp3) is 0.500. The molecule has 0 bridgehead atoms. The van der Waals surface area contributed by atoms with Gasteiger partial charge in [-0.05, 0) is 19.2 Å². The molecule has 1 heterocycles. The molecule has 1 aromatic heterocycles. The zero-order valence-corrected chi connectivity index (χ0v) is 10.6. The number of likely N-dealkylation sites (N-methyl/N-ethyl adjacent to an activating group) is 1. The number of carbonyl (C=O) groups excluding carboxylic acids is 2. The van der Waals surface area contributed by atoms with Crippen LogP contribution in [0.2, 0.25) is 0 Å². The van der Waals surface area contributed by atoms with Crippen molar-refractivity contribution in [2.24, 2.45) is 0 Å². The highest BCUT2D eigenvalue weighted by Crippen LogP contribution is 2.01. The van der Waals surface area contributed by atoms with Crippen LogP contribution in [0.1, 0.15) is 10.6 Å². The second kappa shape index (κ2) is 7.62. The minimum atomic E-state index is -0.146. The summed E-state index contributed by atoms with van der Waals surface area (Å²) in [7, 11) is 3.27. The van der Waals surface area contributed by atoms with E-state index in [2.05, 4.69) is 5.32 Å². The van der Waals surface area contributed by atoms with E-state index in [1.54, 1.807) is 31.2 Å². The van der Waals surface area contributed by atoms with Gasteiger partial charge in [0.15, 0.2) is 5.76 Å². The van der Waals surface area contributed by atoms with Crippen LogP contribution in [0.15, 0.2) is 22.8 Å². The smallest absolute Gasteiger partial charge is 0.234 e. The summed E-state index contributed by atoms with van der Waals surface area (Å²) in [6, 6.07) is 3.26. The lowest BCUT2D eigenvalue weighted by molar-refractivity contribution is -0.122. The largest absolute Gasteiger partial charge is 0.461 e. The van der Waals surface area contributed by atoms with Crippen molar-refractivity contribution in [2.75, 3.05) is 40.4 Å². The molecule has 0 aliphatic heterocycles. The van der Waals surface area contributed by atoms with E-state index < -0.39 is 0 Å². The molecule has 18 heavy (non-hydrogen) atoms. The zero-order valence-electron chi connectivity index (χ0n) is 10.6. The van der Waals surface area contributed by atoms with Gasteiger partial charge in [-0.25, -0.2) is 0 Å². The van der Waals surface area contributed by atoms with Crippen molar-refractivity contribution in [3.05, 3.63) is 24.2 Å². The van der Waals surface area contributed by atoms with E-state index in [4.69, 9.17) is 9.15 Å². The lowest BCUT2D eigenvalue weighted by Gasteiger charge is -2.14. The highest BCUT2D eigenvalue weighted by atomic mass is 16.5. The minimum absolute atomic E-state index is 0.137. The van der Waals surface area contributed by atoms with Crippen LogP contribution in [0.5, 0.6) is 0 Å². The maximum atomic E-state index is 11.7. The van der Waals surface area contributed by atoms with Crippen molar-refractivity contribution in [1.82, 2.24) is 10.2 Å². The Balaban J connectivity index is 2.26. The normalized spacial score (nSPS) is 10.6. The number of hydrogen-bond donors (Lipinski definition) is 1. The first-order valence-corrected chi connectivity index (χ1v) is 5.64. The molecule has 0 unspecified atom stereocenters. The highest BCUT2D eigenvalue weighted by molar-refractivity contribution is 5.95. The molecule has 1 N–H and O–H groups in total. The molecule has 6 heteroatoms. The molecule has 1 amide bonds. The number of ether oxygens (including phenoxy) is 1. The van der Waals surface area contributed by atoms with Crippen LogP contribution in [0.25, 0.3) is 0 Å². The Labute approximate surface area is 106 Å². The van der Waals surface area contributed by atoms with E-state index in [9.17, 15) is 9.59 Å². The number of ketones is 1. The fourth-order valence-electron chi connectivity index (χ4n) is 1.41. The number of furan rings is 1. The van der Waals surface area contributed by atoms with Crippen molar-refractivity contribution < 1.29 is 18.7 Å². The van der Waals surface area contributed by atoms with E-state index in [-0.39, 0.29) is 24.8 Å². The second-order valence-electron chi connectivity index (χ2n) is 3.92. The molecule has 0 saturated carbocycles. The van der Waals surface area contributed by atoms with Crippen LogP contribution in [-0.4, -0.2) is 57.0 Å². The van der Waals surface area contributed by atoms with E-state index in [1.165, 1.54) is 6.26 Å². The quantitative estimate of drug-likeness (QED) is 0.528. The van der Waals surface area contributed by atoms with Gasteiger partial charge >= 0.3 is 0 Å². The molecule has 6 nitrogen and oxygen atoms in total. The third kappa shape index (κ3) is 5.11. The van der Waals surface area contributed by atoms with Crippen LogP contribution in [-0.2, 0) is 9.53 Å². The summed E-state index contributed by atoms with van der Waals surface area (Å²) in [6.45, 7) is 1.25. The predicted molar refractivity (Wildman–Crippen MR) is 65.4 cm³/mol. The molecule has 0 aromatic carbocycles. The van der Waals surface area contributed by atoms with E-state index in [0.29, 0.717) is 18.9 Å². The van der Waals surface area contributed by atoms with Gasteiger partial charge in [0.1, 0.15) is 0 Å². The average Bonchev–Trinajstić information content (AvgIpc) is 2.82. The van der Waals surface area contributed by atoms with Crippen LogP contribution in [0.4, 0.5) is 0 Å². The monoisotopic (exact) mass is 254 g/mol. The third-order valence-corrected chi connectivity index (χ3v) is 2.25. The molecule has 100 valence electrons. The van der Waals surface area contributed by atoms with E-state index >= 15 is 0 Å². The van der Waals surface area contributed by atoms with Gasteiger partial charge in [0.25, 0.3) is 0 Å². The lowest BCUT2D eigenvalue weighted by Crippen LogP contribution is -2.38. The molecule has 0 radical (unpaired) electrons. The molecule has 1 rings (SSSR count). The maximum absolute atomic E-state index is 11.7. The van der Waals surface area contributed by atoms with Gasteiger partial charge in [-0.1, -0.05) is 0 Å². The number of Topliss-reactive ketones (excluding diaryl/α,β-unsaturated/α-hetero) is 1. The summed E-state index contributed by atoms with van der Waals surface area (Å²) >= 11 is 0. The number of nitrogens with zero attached hydrogens (tertiary/aromatic N) is 1. The van der Waals surface area contributed by atoms with Crippen molar-refractivity contribution in [1.29, 1.82) is 0 Å². The Hall–Kier alpha value is -1.66. The Kier molecular flexibility index (Phi) is 6.10. The summed E-state index contributed by atoms with van der Waals surface area (Å²) in [5, 5.41) is 2.68. The Morgan fingerprint density at radius 1 is 1.44 bits per heavy atom. The van der Waals surface area contributed by atoms with Gasteiger partial charge in [0.2, 0.25) is 11.7 Å². The lowest BCUT2D eigenvalue weighted by atomic mass is 10.3. The van der Waals surface area contributed by atoms with Crippen LogP contribution in [0.3, 0.4) is 0 Å². The Bertz CT molecular complexity index is 375. The van der Waals surface area contributed by atoms with E-state index in [0.717, 1.165) is 0 Å².